The van der Waals surface area contributed by atoms with Crippen LogP contribution in [0.4, 0.5) is 11.8 Å². The van der Waals surface area contributed by atoms with Gasteiger partial charge in [-0.05, 0) is 36.6 Å². The standard InChI is InChI=1S/C23H25ClN8O3/c1-35-19-6-5-15(10-18(19)24)11-29-31-21-17(22(34)27-13-20-25-7-3-8-26-20)12-28-23(30-21)32-9-2-4-16(32)14-33/h3,5-8,10,12,16,33H,2,4,9,11,13-14H2,1H3,(H,27,34)/t16-/m0/s1. The molecule has 0 bridgehead atoms. The number of anilines is 1. The first-order chi connectivity index (χ1) is 17.1. The number of benzene rings is 1. The van der Waals surface area contributed by atoms with E-state index in [4.69, 9.17) is 16.3 Å². The topological polar surface area (TPSA) is 138 Å². The van der Waals surface area contributed by atoms with Crippen molar-refractivity contribution in [2.24, 2.45) is 10.2 Å². The lowest BCUT2D eigenvalue weighted by molar-refractivity contribution is 0.0950. The van der Waals surface area contributed by atoms with E-state index in [1.54, 1.807) is 37.7 Å². The number of amides is 1. The SMILES string of the molecule is COc1ccc(CN=Nc2nc(N3CCC[C@H]3CO)ncc2C(=O)NCc2ncccn2)cc1Cl. The van der Waals surface area contributed by atoms with Crippen LogP contribution in [-0.4, -0.2) is 57.3 Å². The molecule has 11 nitrogen and oxygen atoms in total. The predicted molar refractivity (Wildman–Crippen MR) is 129 cm³/mol. The Bertz CT molecular complexity index is 1190. The largest absolute Gasteiger partial charge is 0.495 e. The van der Waals surface area contributed by atoms with Crippen molar-refractivity contribution in [3.63, 3.8) is 0 Å². The van der Waals surface area contributed by atoms with Gasteiger partial charge in [0.2, 0.25) is 5.95 Å². The average molecular weight is 497 g/mol. The number of hydrogen-bond donors (Lipinski definition) is 2. The minimum Gasteiger partial charge on any atom is -0.495 e. The minimum absolute atomic E-state index is 0.00223. The van der Waals surface area contributed by atoms with Crippen LogP contribution in [0.3, 0.4) is 0 Å². The van der Waals surface area contributed by atoms with Crippen molar-refractivity contribution in [3.05, 3.63) is 64.8 Å². The maximum Gasteiger partial charge on any atom is 0.257 e. The molecule has 3 aromatic rings. The Kier molecular flexibility index (Phi) is 8.11. The smallest absolute Gasteiger partial charge is 0.257 e. The zero-order valence-corrected chi connectivity index (χ0v) is 19.9. The molecule has 2 aromatic heterocycles. The van der Waals surface area contributed by atoms with Crippen molar-refractivity contribution in [2.45, 2.75) is 32.0 Å². The number of hydrogen-bond acceptors (Lipinski definition) is 10. The maximum absolute atomic E-state index is 12.9. The number of azo groups is 1. The fraction of sp³-hybridized carbons (Fsp3) is 0.348. The van der Waals surface area contributed by atoms with E-state index >= 15 is 0 Å². The molecule has 0 spiro atoms. The molecule has 0 radical (unpaired) electrons. The van der Waals surface area contributed by atoms with E-state index in [0.717, 1.165) is 18.4 Å². The van der Waals surface area contributed by atoms with Gasteiger partial charge in [-0.2, -0.15) is 10.1 Å². The normalized spacial score (nSPS) is 15.5. The Morgan fingerprint density at radius 2 is 2.14 bits per heavy atom. The number of aliphatic hydroxyl groups is 1. The third-order valence-corrected chi connectivity index (χ3v) is 5.80. The van der Waals surface area contributed by atoms with Crippen molar-refractivity contribution >= 4 is 29.3 Å². The number of carbonyl (C=O) groups excluding carboxylic acids is 1. The minimum atomic E-state index is -0.425. The maximum atomic E-state index is 12.9. The first-order valence-electron chi connectivity index (χ1n) is 11.1. The van der Waals surface area contributed by atoms with E-state index in [1.807, 2.05) is 11.0 Å². The molecule has 1 amide bonds. The highest BCUT2D eigenvalue weighted by atomic mass is 35.5. The first-order valence-corrected chi connectivity index (χ1v) is 11.5. The highest BCUT2D eigenvalue weighted by Gasteiger charge is 2.27. The van der Waals surface area contributed by atoms with Crippen molar-refractivity contribution in [1.29, 1.82) is 0 Å². The molecule has 1 aliphatic rings. The Morgan fingerprint density at radius 1 is 1.31 bits per heavy atom. The third-order valence-electron chi connectivity index (χ3n) is 5.51. The lowest BCUT2D eigenvalue weighted by atomic mass is 10.2. The lowest BCUT2D eigenvalue weighted by Crippen LogP contribution is -2.33. The summed E-state index contributed by atoms with van der Waals surface area (Å²) in [7, 11) is 1.55. The molecule has 1 atom stereocenters. The number of ether oxygens (including phenoxy) is 1. The highest BCUT2D eigenvalue weighted by Crippen LogP contribution is 2.27. The molecule has 35 heavy (non-hydrogen) atoms. The summed E-state index contributed by atoms with van der Waals surface area (Å²) >= 11 is 6.19. The van der Waals surface area contributed by atoms with Crippen LogP contribution >= 0.6 is 11.6 Å². The highest BCUT2D eigenvalue weighted by molar-refractivity contribution is 6.32. The zero-order valence-electron chi connectivity index (χ0n) is 19.1. The van der Waals surface area contributed by atoms with Gasteiger partial charge in [0.25, 0.3) is 5.91 Å². The molecule has 1 aliphatic heterocycles. The second-order valence-electron chi connectivity index (χ2n) is 7.80. The second kappa shape index (κ2) is 11.6. The Labute approximate surface area is 207 Å². The van der Waals surface area contributed by atoms with Gasteiger partial charge in [-0.25, -0.2) is 15.0 Å². The Morgan fingerprint density at radius 3 is 2.89 bits per heavy atom. The number of rotatable bonds is 9. The fourth-order valence-corrected chi connectivity index (χ4v) is 3.98. The Balaban J connectivity index is 1.56. The van der Waals surface area contributed by atoms with Crippen molar-refractivity contribution in [2.75, 3.05) is 25.2 Å². The van der Waals surface area contributed by atoms with E-state index in [9.17, 15) is 9.90 Å². The van der Waals surface area contributed by atoms with Gasteiger partial charge < -0.3 is 20.1 Å². The van der Waals surface area contributed by atoms with Gasteiger partial charge in [0.15, 0.2) is 5.82 Å². The molecule has 182 valence electrons. The quantitative estimate of drug-likeness (QED) is 0.431. The first kappa shape index (κ1) is 24.4. The molecule has 3 heterocycles. The summed E-state index contributed by atoms with van der Waals surface area (Å²) in [5.41, 5.74) is 0.988. The lowest BCUT2D eigenvalue weighted by Gasteiger charge is -2.23. The summed E-state index contributed by atoms with van der Waals surface area (Å²) in [6.45, 7) is 1.08. The number of halogens is 1. The molecule has 1 saturated heterocycles. The van der Waals surface area contributed by atoms with Crippen molar-refractivity contribution in [1.82, 2.24) is 25.3 Å². The van der Waals surface area contributed by atoms with Crippen LogP contribution in [0.2, 0.25) is 5.02 Å². The molecular formula is C23H25ClN8O3. The fourth-order valence-electron chi connectivity index (χ4n) is 3.70. The zero-order chi connectivity index (χ0) is 24.6. The van der Waals surface area contributed by atoms with Gasteiger partial charge in [-0.1, -0.05) is 17.7 Å². The van der Waals surface area contributed by atoms with Crippen LogP contribution < -0.4 is 15.0 Å². The summed E-state index contributed by atoms with van der Waals surface area (Å²) in [5, 5.41) is 21.4. The van der Waals surface area contributed by atoms with Crippen LogP contribution in [0.5, 0.6) is 5.75 Å². The number of aliphatic hydroxyl groups excluding tert-OH is 1. The van der Waals surface area contributed by atoms with Crippen LogP contribution in [-0.2, 0) is 13.1 Å². The van der Waals surface area contributed by atoms with Gasteiger partial charge in [0.05, 0.1) is 37.9 Å². The van der Waals surface area contributed by atoms with E-state index in [0.29, 0.717) is 29.1 Å². The van der Waals surface area contributed by atoms with E-state index in [2.05, 4.69) is 35.5 Å². The molecule has 1 aromatic carbocycles. The number of aromatic nitrogens is 4. The van der Waals surface area contributed by atoms with Gasteiger partial charge in [0.1, 0.15) is 17.1 Å². The van der Waals surface area contributed by atoms with E-state index in [-0.39, 0.29) is 37.1 Å². The van der Waals surface area contributed by atoms with Crippen molar-refractivity contribution < 1.29 is 14.6 Å². The number of carbonyl (C=O) groups is 1. The predicted octanol–water partition coefficient (Wildman–Crippen LogP) is 3.10. The van der Waals surface area contributed by atoms with Crippen LogP contribution in [0, 0.1) is 0 Å². The summed E-state index contributed by atoms with van der Waals surface area (Å²) in [6, 6.07) is 6.96. The second-order valence-corrected chi connectivity index (χ2v) is 8.20. The van der Waals surface area contributed by atoms with Crippen LogP contribution in [0.15, 0.2) is 53.1 Å². The number of nitrogens with one attached hydrogen (secondary N) is 1. The van der Waals surface area contributed by atoms with Gasteiger partial charge in [-0.3, -0.25) is 4.79 Å². The molecule has 4 rings (SSSR count). The number of methoxy groups -OCH3 is 1. The molecule has 0 unspecified atom stereocenters. The van der Waals surface area contributed by atoms with Crippen LogP contribution in [0.1, 0.15) is 34.6 Å². The summed E-state index contributed by atoms with van der Waals surface area (Å²) < 4.78 is 5.17. The Hall–Kier alpha value is -3.70. The average Bonchev–Trinajstić information content (AvgIpc) is 3.37. The monoisotopic (exact) mass is 496 g/mol. The van der Waals surface area contributed by atoms with E-state index in [1.165, 1.54) is 6.20 Å². The molecule has 2 N–H and O–H groups in total. The molecule has 1 fully saturated rings. The van der Waals surface area contributed by atoms with Gasteiger partial charge >= 0.3 is 0 Å². The number of nitrogens with zero attached hydrogens (tertiary/aromatic N) is 7. The third kappa shape index (κ3) is 6.06. The summed E-state index contributed by atoms with van der Waals surface area (Å²) in [5.74, 6) is 1.14. The summed E-state index contributed by atoms with van der Waals surface area (Å²) in [6.07, 6.45) is 6.39. The molecule has 0 saturated carbocycles. The molecule has 12 heteroatoms. The molecule has 0 aliphatic carbocycles. The van der Waals surface area contributed by atoms with Crippen molar-refractivity contribution in [3.8, 4) is 5.75 Å². The van der Waals surface area contributed by atoms with Crippen LogP contribution in [0.25, 0.3) is 0 Å². The van der Waals surface area contributed by atoms with E-state index < -0.39 is 5.91 Å². The van der Waals surface area contributed by atoms with Gasteiger partial charge in [-0.15, -0.1) is 5.11 Å². The molecular weight excluding hydrogens is 472 g/mol. The van der Waals surface area contributed by atoms with Gasteiger partial charge in [0, 0.05) is 25.1 Å². The summed E-state index contributed by atoms with van der Waals surface area (Å²) in [4.78, 5) is 31.9.